The van der Waals surface area contributed by atoms with Crippen molar-refractivity contribution in [1.29, 1.82) is 0 Å². The van der Waals surface area contributed by atoms with Gasteiger partial charge < -0.3 is 9.64 Å². The number of piperidine rings is 1. The monoisotopic (exact) mass is 279 g/mol. The van der Waals surface area contributed by atoms with Crippen LogP contribution in [0.25, 0.3) is 0 Å². The van der Waals surface area contributed by atoms with Crippen LogP contribution in [-0.4, -0.2) is 44.0 Å². The summed E-state index contributed by atoms with van der Waals surface area (Å²) in [6.45, 7) is 3.56. The van der Waals surface area contributed by atoms with Crippen LogP contribution in [0.1, 0.15) is 29.6 Å². The molecule has 2 rings (SSSR count). The average Bonchev–Trinajstić information content (AvgIpc) is 2.45. The number of hydrogen-bond acceptors (Lipinski definition) is 3. The summed E-state index contributed by atoms with van der Waals surface area (Å²) in [7, 11) is 1.73. The van der Waals surface area contributed by atoms with Crippen LogP contribution in [0.3, 0.4) is 0 Å². The van der Waals surface area contributed by atoms with Crippen molar-refractivity contribution in [2.75, 3.05) is 33.4 Å². The van der Waals surface area contributed by atoms with Crippen molar-refractivity contribution in [2.24, 2.45) is 5.92 Å². The van der Waals surface area contributed by atoms with E-state index in [0.29, 0.717) is 17.9 Å². The summed E-state index contributed by atoms with van der Waals surface area (Å²) in [5.41, 5.74) is 0.468. The van der Waals surface area contributed by atoms with Gasteiger partial charge in [0, 0.05) is 32.2 Å². The lowest BCUT2D eigenvalue weighted by atomic mass is 9.98. The zero-order valence-corrected chi connectivity index (χ0v) is 12.0. The van der Waals surface area contributed by atoms with Crippen molar-refractivity contribution in [3.63, 3.8) is 0 Å². The van der Waals surface area contributed by atoms with Gasteiger partial charge in [0.2, 0.25) is 0 Å². The molecule has 1 aromatic rings. The van der Waals surface area contributed by atoms with Crippen molar-refractivity contribution in [3.05, 3.63) is 35.6 Å². The fraction of sp³-hybridized carbons (Fsp3) is 0.562. The van der Waals surface area contributed by atoms with E-state index in [1.165, 1.54) is 18.6 Å². The molecule has 0 saturated carbocycles. The third kappa shape index (κ3) is 4.39. The second-order valence-electron chi connectivity index (χ2n) is 5.45. The molecule has 110 valence electrons. The van der Waals surface area contributed by atoms with Gasteiger partial charge in [0.1, 0.15) is 5.82 Å². The summed E-state index contributed by atoms with van der Waals surface area (Å²) in [5, 5.41) is 0. The first-order valence-electron chi connectivity index (χ1n) is 7.19. The maximum atomic E-state index is 13.1. The van der Waals surface area contributed by atoms with Gasteiger partial charge in [0.25, 0.3) is 0 Å². The van der Waals surface area contributed by atoms with Crippen LogP contribution >= 0.6 is 0 Å². The molecule has 0 radical (unpaired) electrons. The lowest BCUT2D eigenvalue weighted by Crippen LogP contribution is -2.38. The van der Waals surface area contributed by atoms with E-state index < -0.39 is 0 Å². The lowest BCUT2D eigenvalue weighted by molar-refractivity contribution is 0.0830. The predicted molar refractivity (Wildman–Crippen MR) is 76.4 cm³/mol. The second-order valence-corrected chi connectivity index (χ2v) is 5.45. The van der Waals surface area contributed by atoms with E-state index in [2.05, 4.69) is 4.90 Å². The minimum absolute atomic E-state index is 0.0124. The largest absolute Gasteiger partial charge is 0.384 e. The molecule has 1 aliphatic rings. The summed E-state index contributed by atoms with van der Waals surface area (Å²) in [4.78, 5) is 14.3. The van der Waals surface area contributed by atoms with Gasteiger partial charge in [0.05, 0.1) is 6.61 Å². The van der Waals surface area contributed by atoms with Crippen molar-refractivity contribution in [2.45, 2.75) is 19.3 Å². The Hall–Kier alpha value is -1.26. The molecule has 4 heteroatoms. The first-order chi connectivity index (χ1) is 9.69. The zero-order valence-electron chi connectivity index (χ0n) is 12.0. The molecule has 0 spiro atoms. The topological polar surface area (TPSA) is 29.5 Å². The molecule has 1 aliphatic heterocycles. The number of rotatable bonds is 6. The molecule has 1 fully saturated rings. The molecule has 0 N–H and O–H groups in total. The molecule has 0 bridgehead atoms. The molecule has 1 aromatic carbocycles. The van der Waals surface area contributed by atoms with Crippen molar-refractivity contribution >= 4 is 5.78 Å². The number of halogens is 1. The van der Waals surface area contributed by atoms with Crippen molar-refractivity contribution in [1.82, 2.24) is 4.90 Å². The number of carbonyl (C=O) groups excluding carboxylic acids is 1. The Bertz CT molecular complexity index is 448. The Kier molecular flexibility index (Phi) is 5.68. The number of ketones is 1. The molecule has 1 atom stereocenters. The minimum atomic E-state index is -0.353. The molecule has 1 saturated heterocycles. The van der Waals surface area contributed by atoms with Gasteiger partial charge in [-0.3, -0.25) is 4.79 Å². The summed E-state index contributed by atoms with van der Waals surface area (Å²) in [6, 6.07) is 5.93. The minimum Gasteiger partial charge on any atom is -0.384 e. The van der Waals surface area contributed by atoms with Crippen LogP contribution in [0.15, 0.2) is 24.3 Å². The number of Topliss-reactive ketones (excluding diaryl/α,β-unsaturated/α-hetero) is 1. The van der Waals surface area contributed by atoms with E-state index in [-0.39, 0.29) is 11.6 Å². The van der Waals surface area contributed by atoms with E-state index in [1.54, 1.807) is 19.2 Å². The molecular formula is C16H22FNO2. The molecule has 0 amide bonds. The predicted octanol–water partition coefficient (Wildman–Crippen LogP) is 2.76. The summed E-state index contributed by atoms with van der Waals surface area (Å²) < 4.78 is 18.3. The summed E-state index contributed by atoms with van der Waals surface area (Å²) >= 11 is 0. The molecular weight excluding hydrogens is 257 g/mol. The summed E-state index contributed by atoms with van der Waals surface area (Å²) in [5.74, 6) is 0.227. The van der Waals surface area contributed by atoms with Gasteiger partial charge >= 0.3 is 0 Å². The Morgan fingerprint density at radius 2 is 2.35 bits per heavy atom. The Morgan fingerprint density at radius 3 is 3.10 bits per heavy atom. The first-order valence-corrected chi connectivity index (χ1v) is 7.19. The molecule has 0 aromatic heterocycles. The van der Waals surface area contributed by atoms with Crippen molar-refractivity contribution < 1.29 is 13.9 Å². The van der Waals surface area contributed by atoms with E-state index in [9.17, 15) is 9.18 Å². The van der Waals surface area contributed by atoms with Gasteiger partial charge in [-0.25, -0.2) is 4.39 Å². The van der Waals surface area contributed by atoms with Crippen LogP contribution in [0.2, 0.25) is 0 Å². The van der Waals surface area contributed by atoms with Crippen LogP contribution in [0.5, 0.6) is 0 Å². The normalized spacial score (nSPS) is 20.0. The molecule has 3 nitrogen and oxygen atoms in total. The maximum absolute atomic E-state index is 13.1. The Labute approximate surface area is 119 Å². The van der Waals surface area contributed by atoms with Crippen molar-refractivity contribution in [3.8, 4) is 0 Å². The molecule has 0 aliphatic carbocycles. The highest BCUT2D eigenvalue weighted by atomic mass is 19.1. The smallest absolute Gasteiger partial charge is 0.164 e. The van der Waals surface area contributed by atoms with Gasteiger partial charge in [0.15, 0.2) is 5.78 Å². The van der Waals surface area contributed by atoms with E-state index >= 15 is 0 Å². The van der Waals surface area contributed by atoms with Crippen LogP contribution in [0, 0.1) is 11.7 Å². The quantitative estimate of drug-likeness (QED) is 0.750. The standard InChI is InChI=1S/C16H22FNO2/c1-20-12-13-4-3-8-18(11-13)9-7-16(19)14-5-2-6-15(17)10-14/h2,5-6,10,13H,3-4,7-9,11-12H2,1H3. The van der Waals surface area contributed by atoms with Gasteiger partial charge in [-0.2, -0.15) is 0 Å². The van der Waals surface area contributed by atoms with Gasteiger partial charge in [-0.05, 0) is 37.4 Å². The van der Waals surface area contributed by atoms with Crippen LogP contribution < -0.4 is 0 Å². The Balaban J connectivity index is 1.81. The third-order valence-corrected chi connectivity index (χ3v) is 3.81. The number of benzene rings is 1. The maximum Gasteiger partial charge on any atom is 0.164 e. The van der Waals surface area contributed by atoms with Gasteiger partial charge in [-0.15, -0.1) is 0 Å². The fourth-order valence-corrected chi connectivity index (χ4v) is 2.79. The second kappa shape index (κ2) is 7.50. The first kappa shape index (κ1) is 15.1. The Morgan fingerprint density at radius 1 is 1.50 bits per heavy atom. The SMILES string of the molecule is COCC1CCCN(CCC(=O)c2cccc(F)c2)C1. The van der Waals surface area contributed by atoms with Gasteiger partial charge in [-0.1, -0.05) is 12.1 Å². The number of methoxy groups -OCH3 is 1. The van der Waals surface area contributed by atoms with E-state index in [1.807, 2.05) is 0 Å². The highest BCUT2D eigenvalue weighted by molar-refractivity contribution is 5.96. The summed E-state index contributed by atoms with van der Waals surface area (Å²) in [6.07, 6.45) is 2.80. The number of ether oxygens (including phenoxy) is 1. The molecule has 1 unspecified atom stereocenters. The zero-order chi connectivity index (χ0) is 14.4. The van der Waals surface area contributed by atoms with E-state index in [0.717, 1.165) is 32.7 Å². The lowest BCUT2D eigenvalue weighted by Gasteiger charge is -2.32. The van der Waals surface area contributed by atoms with Crippen LogP contribution in [0.4, 0.5) is 4.39 Å². The third-order valence-electron chi connectivity index (χ3n) is 3.81. The number of carbonyl (C=O) groups is 1. The fourth-order valence-electron chi connectivity index (χ4n) is 2.79. The van der Waals surface area contributed by atoms with Crippen LogP contribution in [-0.2, 0) is 4.74 Å². The number of hydrogen-bond donors (Lipinski definition) is 0. The average molecular weight is 279 g/mol. The highest BCUT2D eigenvalue weighted by Crippen LogP contribution is 2.17. The highest BCUT2D eigenvalue weighted by Gasteiger charge is 2.20. The number of nitrogens with zero attached hydrogens (tertiary/aromatic N) is 1. The molecule has 1 heterocycles. The molecule has 20 heavy (non-hydrogen) atoms. The number of likely N-dealkylation sites (tertiary alicyclic amines) is 1. The van der Waals surface area contributed by atoms with E-state index in [4.69, 9.17) is 4.74 Å².